The van der Waals surface area contributed by atoms with Crippen molar-refractivity contribution in [1.82, 2.24) is 19.9 Å². The molecule has 6 heteroatoms. The van der Waals surface area contributed by atoms with Crippen LogP contribution >= 0.6 is 11.8 Å². The molecule has 152 valence electrons. The second-order valence-corrected chi connectivity index (χ2v) is 8.28. The lowest BCUT2D eigenvalue weighted by Gasteiger charge is -2.03. The number of aryl methyl sites for hydroxylation is 1. The number of imidazole rings is 1. The molecule has 0 bridgehead atoms. The maximum atomic E-state index is 12.5. The van der Waals surface area contributed by atoms with Gasteiger partial charge in [-0.1, -0.05) is 84.1 Å². The third-order valence-electron chi connectivity index (χ3n) is 5.05. The van der Waals surface area contributed by atoms with E-state index in [1.807, 2.05) is 61.5 Å². The Morgan fingerprint density at radius 3 is 2.29 bits per heavy atom. The molecule has 0 saturated carbocycles. The fourth-order valence-corrected chi connectivity index (χ4v) is 4.28. The summed E-state index contributed by atoms with van der Waals surface area (Å²) < 4.78 is 0. The maximum Gasteiger partial charge on any atom is 0.258 e. The summed E-state index contributed by atoms with van der Waals surface area (Å²) in [5.74, 6) is 1.14. The van der Waals surface area contributed by atoms with Crippen molar-refractivity contribution in [2.75, 3.05) is 0 Å². The Morgan fingerprint density at radius 2 is 1.55 bits per heavy atom. The van der Waals surface area contributed by atoms with Gasteiger partial charge in [0.1, 0.15) is 5.82 Å². The average molecular weight is 425 g/mol. The molecule has 0 fully saturated rings. The van der Waals surface area contributed by atoms with E-state index in [4.69, 9.17) is 4.98 Å². The van der Waals surface area contributed by atoms with Crippen LogP contribution in [-0.4, -0.2) is 19.9 Å². The second kappa shape index (κ2) is 8.24. The standard InChI is InChI=1S/C25H20N4OS/c1-16-12-13-20-19(14-16)24(30)27-21(26-20)15-31-25-28-22(17-8-4-2-5-9-17)23(29-25)18-10-6-3-7-11-18/h2-14H,15H2,1H3,(H,28,29)(H,26,27,30). The number of nitrogens with zero attached hydrogens (tertiary/aromatic N) is 2. The van der Waals surface area contributed by atoms with Gasteiger partial charge < -0.3 is 9.97 Å². The number of hydrogen-bond acceptors (Lipinski definition) is 4. The summed E-state index contributed by atoms with van der Waals surface area (Å²) in [5, 5.41) is 1.40. The lowest BCUT2D eigenvalue weighted by atomic mass is 10.1. The molecule has 0 amide bonds. The molecule has 2 heterocycles. The summed E-state index contributed by atoms with van der Waals surface area (Å²) in [6.07, 6.45) is 0. The van der Waals surface area contributed by atoms with Crippen molar-refractivity contribution in [2.24, 2.45) is 0 Å². The van der Waals surface area contributed by atoms with Gasteiger partial charge in [0.15, 0.2) is 5.16 Å². The van der Waals surface area contributed by atoms with Crippen LogP contribution in [-0.2, 0) is 5.75 Å². The molecule has 0 aliphatic rings. The normalized spacial score (nSPS) is 11.1. The summed E-state index contributed by atoms with van der Waals surface area (Å²) in [6, 6.07) is 26.0. The van der Waals surface area contributed by atoms with Gasteiger partial charge in [-0.2, -0.15) is 0 Å². The number of H-pyrrole nitrogens is 2. The number of hydrogen-bond donors (Lipinski definition) is 2. The van der Waals surface area contributed by atoms with Crippen molar-refractivity contribution in [2.45, 2.75) is 17.8 Å². The number of nitrogens with one attached hydrogen (secondary N) is 2. The highest BCUT2D eigenvalue weighted by Gasteiger charge is 2.15. The van der Waals surface area contributed by atoms with E-state index in [0.717, 1.165) is 33.2 Å². The maximum absolute atomic E-state index is 12.5. The van der Waals surface area contributed by atoms with E-state index in [1.54, 1.807) is 0 Å². The molecule has 0 atom stereocenters. The van der Waals surface area contributed by atoms with E-state index in [-0.39, 0.29) is 5.56 Å². The summed E-state index contributed by atoms with van der Waals surface area (Å²) in [4.78, 5) is 28.3. The molecule has 0 aliphatic heterocycles. The zero-order valence-electron chi connectivity index (χ0n) is 16.9. The average Bonchev–Trinajstić information content (AvgIpc) is 3.24. The lowest BCUT2D eigenvalue weighted by molar-refractivity contribution is 1.02. The van der Waals surface area contributed by atoms with Crippen LogP contribution in [0.2, 0.25) is 0 Å². The van der Waals surface area contributed by atoms with E-state index in [1.165, 1.54) is 11.8 Å². The Hall–Kier alpha value is -3.64. The third-order valence-corrected chi connectivity index (χ3v) is 5.93. The summed E-state index contributed by atoms with van der Waals surface area (Å²) in [6.45, 7) is 1.97. The van der Waals surface area contributed by atoms with Crippen LogP contribution in [0.25, 0.3) is 33.4 Å². The van der Waals surface area contributed by atoms with Crippen LogP contribution in [0.4, 0.5) is 0 Å². The minimum Gasteiger partial charge on any atom is -0.332 e. The molecule has 31 heavy (non-hydrogen) atoms. The molecule has 0 aliphatic carbocycles. The summed E-state index contributed by atoms with van der Waals surface area (Å²) >= 11 is 1.52. The van der Waals surface area contributed by atoms with Gasteiger partial charge in [0.2, 0.25) is 0 Å². The molecule has 2 aromatic heterocycles. The summed E-state index contributed by atoms with van der Waals surface area (Å²) in [5.41, 5.74) is 5.65. The van der Waals surface area contributed by atoms with Crippen LogP contribution in [0, 0.1) is 6.92 Å². The minimum absolute atomic E-state index is 0.112. The van der Waals surface area contributed by atoms with Crippen molar-refractivity contribution < 1.29 is 0 Å². The van der Waals surface area contributed by atoms with Crippen LogP contribution in [0.5, 0.6) is 0 Å². The van der Waals surface area contributed by atoms with E-state index < -0.39 is 0 Å². The third kappa shape index (κ3) is 4.02. The highest BCUT2D eigenvalue weighted by molar-refractivity contribution is 7.98. The molecule has 0 saturated heterocycles. The first-order valence-corrected chi connectivity index (χ1v) is 11.0. The smallest absolute Gasteiger partial charge is 0.258 e. The molecule has 5 nitrogen and oxygen atoms in total. The van der Waals surface area contributed by atoms with Crippen LogP contribution in [0.15, 0.2) is 88.8 Å². The molecule has 0 radical (unpaired) electrons. The van der Waals surface area contributed by atoms with Crippen molar-refractivity contribution in [3.63, 3.8) is 0 Å². The fourth-order valence-electron chi connectivity index (χ4n) is 3.54. The number of aromatic amines is 2. The highest BCUT2D eigenvalue weighted by Crippen LogP contribution is 2.33. The SMILES string of the molecule is Cc1ccc2nc(CSc3nc(-c4ccccc4)c(-c4ccccc4)[nH]3)[nH]c(=O)c2c1. The van der Waals surface area contributed by atoms with Gasteiger partial charge in [-0.3, -0.25) is 4.79 Å². The number of fused-ring (bicyclic) bond motifs is 1. The van der Waals surface area contributed by atoms with Crippen LogP contribution in [0.3, 0.4) is 0 Å². The molecular weight excluding hydrogens is 404 g/mol. The Labute approximate surface area is 183 Å². The molecule has 5 rings (SSSR count). The molecule has 0 unspecified atom stereocenters. The van der Waals surface area contributed by atoms with Crippen molar-refractivity contribution in [3.8, 4) is 22.5 Å². The number of aromatic nitrogens is 4. The Kier molecular flexibility index (Phi) is 5.14. The predicted molar refractivity (Wildman–Crippen MR) is 126 cm³/mol. The fraction of sp³-hybridized carbons (Fsp3) is 0.0800. The largest absolute Gasteiger partial charge is 0.332 e. The first-order valence-electron chi connectivity index (χ1n) is 10.0. The lowest BCUT2D eigenvalue weighted by Crippen LogP contribution is -2.11. The van der Waals surface area contributed by atoms with Gasteiger partial charge in [-0.15, -0.1) is 0 Å². The predicted octanol–water partition coefficient (Wildman–Crippen LogP) is 5.58. The van der Waals surface area contributed by atoms with Gasteiger partial charge >= 0.3 is 0 Å². The molecule has 3 aromatic carbocycles. The van der Waals surface area contributed by atoms with Gasteiger partial charge in [0.25, 0.3) is 5.56 Å². The Bertz CT molecular complexity index is 1350. The minimum atomic E-state index is -0.112. The summed E-state index contributed by atoms with van der Waals surface area (Å²) in [7, 11) is 0. The van der Waals surface area contributed by atoms with Gasteiger partial charge in [-0.25, -0.2) is 9.97 Å². The first kappa shape index (κ1) is 19.3. The van der Waals surface area contributed by atoms with Crippen molar-refractivity contribution in [3.05, 3.63) is 101 Å². The van der Waals surface area contributed by atoms with Crippen LogP contribution in [0.1, 0.15) is 11.4 Å². The zero-order chi connectivity index (χ0) is 21.2. The van der Waals surface area contributed by atoms with Gasteiger partial charge in [0.05, 0.1) is 28.0 Å². The van der Waals surface area contributed by atoms with Gasteiger partial charge in [0, 0.05) is 11.1 Å². The first-order chi connectivity index (χ1) is 15.2. The number of benzene rings is 3. The molecule has 2 N–H and O–H groups in total. The van der Waals surface area contributed by atoms with E-state index in [2.05, 4.69) is 39.2 Å². The van der Waals surface area contributed by atoms with Crippen LogP contribution < -0.4 is 5.56 Å². The van der Waals surface area contributed by atoms with E-state index in [9.17, 15) is 4.79 Å². The monoisotopic (exact) mass is 424 g/mol. The topological polar surface area (TPSA) is 74.4 Å². The number of thioether (sulfide) groups is 1. The van der Waals surface area contributed by atoms with Gasteiger partial charge in [-0.05, 0) is 19.1 Å². The zero-order valence-corrected chi connectivity index (χ0v) is 17.7. The van der Waals surface area contributed by atoms with E-state index in [0.29, 0.717) is 22.5 Å². The van der Waals surface area contributed by atoms with E-state index >= 15 is 0 Å². The Morgan fingerprint density at radius 1 is 0.839 bits per heavy atom. The Balaban J connectivity index is 1.47. The van der Waals surface area contributed by atoms with Crippen molar-refractivity contribution in [1.29, 1.82) is 0 Å². The van der Waals surface area contributed by atoms with Crippen molar-refractivity contribution >= 4 is 22.7 Å². The highest BCUT2D eigenvalue weighted by atomic mass is 32.2. The number of rotatable bonds is 5. The molecule has 0 spiro atoms. The molecular formula is C25H20N4OS. The second-order valence-electron chi connectivity index (χ2n) is 7.32. The molecule has 5 aromatic rings. The quantitative estimate of drug-likeness (QED) is 0.361.